The third-order valence-corrected chi connectivity index (χ3v) is 4.26. The summed E-state index contributed by atoms with van der Waals surface area (Å²) in [6, 6.07) is 1.43. The van der Waals surface area contributed by atoms with Gasteiger partial charge in [-0.05, 0) is 33.3 Å². The standard InChI is InChI=1S/C17H27N3O4/c1-5-18-17(22)15-9-13(10-20(15)6-7-23-4)19-16(21)14-8-11(2)24-12(14)3/h8,13,15H,5-7,9-10H2,1-4H3,(H,18,22)(H,19,21)/t13-,15-/m0/s1. The van der Waals surface area contributed by atoms with Crippen LogP contribution in [0.4, 0.5) is 0 Å². The first-order valence-electron chi connectivity index (χ1n) is 8.34. The topological polar surface area (TPSA) is 83.8 Å². The Morgan fingerprint density at radius 2 is 2.17 bits per heavy atom. The second-order valence-corrected chi connectivity index (χ2v) is 6.13. The molecule has 134 valence electrons. The number of nitrogens with one attached hydrogen (secondary N) is 2. The van der Waals surface area contributed by atoms with Gasteiger partial charge in [-0.25, -0.2) is 0 Å². The average Bonchev–Trinajstić information content (AvgIpc) is 3.08. The Bertz CT molecular complexity index is 584. The number of aryl methyl sites for hydroxylation is 2. The molecule has 0 bridgehead atoms. The molecule has 7 nitrogen and oxygen atoms in total. The van der Waals surface area contributed by atoms with Crippen LogP contribution in [0.5, 0.6) is 0 Å². The first-order valence-corrected chi connectivity index (χ1v) is 8.34. The Kier molecular flexibility index (Phi) is 6.39. The predicted molar refractivity (Wildman–Crippen MR) is 90.0 cm³/mol. The SMILES string of the molecule is CCNC(=O)[C@@H]1C[C@H](NC(=O)c2cc(C)oc2C)CN1CCOC. The van der Waals surface area contributed by atoms with Gasteiger partial charge in [-0.1, -0.05) is 0 Å². The van der Waals surface area contributed by atoms with Crippen LogP contribution in [0.15, 0.2) is 10.5 Å². The summed E-state index contributed by atoms with van der Waals surface area (Å²) in [5.41, 5.74) is 0.553. The van der Waals surface area contributed by atoms with Crippen LogP contribution in [-0.2, 0) is 9.53 Å². The molecule has 0 radical (unpaired) electrons. The lowest BCUT2D eigenvalue weighted by atomic mass is 10.1. The normalized spacial score (nSPS) is 21.0. The van der Waals surface area contributed by atoms with Crippen molar-refractivity contribution in [3.8, 4) is 0 Å². The fraction of sp³-hybridized carbons (Fsp3) is 0.647. The van der Waals surface area contributed by atoms with E-state index in [2.05, 4.69) is 15.5 Å². The lowest BCUT2D eigenvalue weighted by molar-refractivity contribution is -0.125. The number of furan rings is 1. The second-order valence-electron chi connectivity index (χ2n) is 6.13. The number of likely N-dealkylation sites (tertiary alicyclic amines) is 1. The van der Waals surface area contributed by atoms with E-state index >= 15 is 0 Å². The van der Waals surface area contributed by atoms with E-state index < -0.39 is 0 Å². The summed E-state index contributed by atoms with van der Waals surface area (Å²) >= 11 is 0. The molecule has 0 aliphatic carbocycles. The summed E-state index contributed by atoms with van der Waals surface area (Å²) in [7, 11) is 1.64. The van der Waals surface area contributed by atoms with E-state index in [0.29, 0.717) is 49.7 Å². The lowest BCUT2D eigenvalue weighted by Crippen LogP contribution is -2.44. The highest BCUT2D eigenvalue weighted by atomic mass is 16.5. The van der Waals surface area contributed by atoms with Crippen molar-refractivity contribution in [2.75, 3.05) is 33.4 Å². The molecule has 7 heteroatoms. The Morgan fingerprint density at radius 3 is 2.75 bits per heavy atom. The molecule has 0 spiro atoms. The number of hydrogen-bond donors (Lipinski definition) is 2. The van der Waals surface area contributed by atoms with Gasteiger partial charge in [0.1, 0.15) is 11.5 Å². The third-order valence-electron chi connectivity index (χ3n) is 4.26. The number of carbonyl (C=O) groups is 2. The summed E-state index contributed by atoms with van der Waals surface area (Å²) in [4.78, 5) is 26.8. The molecule has 2 atom stereocenters. The summed E-state index contributed by atoms with van der Waals surface area (Å²) in [5.74, 6) is 1.17. The maximum absolute atomic E-state index is 12.4. The minimum absolute atomic E-state index is 0.000637. The maximum Gasteiger partial charge on any atom is 0.255 e. The van der Waals surface area contributed by atoms with Crippen LogP contribution < -0.4 is 10.6 Å². The molecule has 1 aliphatic heterocycles. The zero-order valence-corrected chi connectivity index (χ0v) is 14.8. The molecule has 2 rings (SSSR count). The van der Waals surface area contributed by atoms with Gasteiger partial charge in [-0.15, -0.1) is 0 Å². The highest BCUT2D eigenvalue weighted by molar-refractivity contribution is 5.95. The molecule has 2 amide bonds. The van der Waals surface area contributed by atoms with E-state index in [0.717, 1.165) is 0 Å². The lowest BCUT2D eigenvalue weighted by Gasteiger charge is -2.22. The number of ether oxygens (including phenoxy) is 1. The van der Waals surface area contributed by atoms with Gasteiger partial charge in [0.05, 0.1) is 18.2 Å². The first-order chi connectivity index (χ1) is 11.5. The van der Waals surface area contributed by atoms with Crippen molar-refractivity contribution in [2.24, 2.45) is 0 Å². The number of nitrogens with zero attached hydrogens (tertiary/aromatic N) is 1. The minimum atomic E-state index is -0.238. The van der Waals surface area contributed by atoms with Gasteiger partial charge in [0.2, 0.25) is 5.91 Å². The average molecular weight is 337 g/mol. The number of hydrogen-bond acceptors (Lipinski definition) is 5. The maximum atomic E-state index is 12.4. The Labute approximate surface area is 142 Å². The molecular weight excluding hydrogens is 310 g/mol. The number of amides is 2. The van der Waals surface area contributed by atoms with Gasteiger partial charge in [0.15, 0.2) is 0 Å². The Hall–Kier alpha value is -1.86. The van der Waals surface area contributed by atoms with Crippen molar-refractivity contribution in [3.63, 3.8) is 0 Å². The monoisotopic (exact) mass is 337 g/mol. The highest BCUT2D eigenvalue weighted by Gasteiger charge is 2.37. The number of methoxy groups -OCH3 is 1. The summed E-state index contributed by atoms with van der Waals surface area (Å²) in [6.45, 7) is 7.93. The van der Waals surface area contributed by atoms with E-state index in [4.69, 9.17) is 9.15 Å². The number of carbonyl (C=O) groups excluding carboxylic acids is 2. The third kappa shape index (κ3) is 4.36. The van der Waals surface area contributed by atoms with E-state index in [1.165, 1.54) is 0 Å². The van der Waals surface area contributed by atoms with Crippen molar-refractivity contribution in [3.05, 3.63) is 23.2 Å². The molecule has 0 aromatic carbocycles. The van der Waals surface area contributed by atoms with Crippen LogP contribution in [-0.4, -0.2) is 62.1 Å². The molecule has 2 heterocycles. The fourth-order valence-electron chi connectivity index (χ4n) is 3.15. The molecule has 1 saturated heterocycles. The van der Waals surface area contributed by atoms with E-state index in [1.807, 2.05) is 13.8 Å². The highest BCUT2D eigenvalue weighted by Crippen LogP contribution is 2.20. The van der Waals surface area contributed by atoms with Crippen molar-refractivity contribution >= 4 is 11.8 Å². The molecule has 2 N–H and O–H groups in total. The zero-order chi connectivity index (χ0) is 17.7. The minimum Gasteiger partial charge on any atom is -0.466 e. The van der Waals surface area contributed by atoms with E-state index in [-0.39, 0.29) is 23.9 Å². The van der Waals surface area contributed by atoms with Crippen LogP contribution in [0.3, 0.4) is 0 Å². The van der Waals surface area contributed by atoms with E-state index in [9.17, 15) is 9.59 Å². The van der Waals surface area contributed by atoms with Crippen molar-refractivity contribution in [1.29, 1.82) is 0 Å². The zero-order valence-electron chi connectivity index (χ0n) is 14.8. The van der Waals surface area contributed by atoms with Gasteiger partial charge >= 0.3 is 0 Å². The largest absolute Gasteiger partial charge is 0.466 e. The number of likely N-dealkylation sites (N-methyl/N-ethyl adjacent to an activating group) is 1. The Morgan fingerprint density at radius 1 is 1.42 bits per heavy atom. The smallest absolute Gasteiger partial charge is 0.255 e. The van der Waals surface area contributed by atoms with Gasteiger partial charge < -0.3 is 19.8 Å². The Balaban J connectivity index is 2.01. The first kappa shape index (κ1) is 18.5. The van der Waals surface area contributed by atoms with Crippen molar-refractivity contribution < 1.29 is 18.7 Å². The molecule has 1 aromatic rings. The molecule has 24 heavy (non-hydrogen) atoms. The summed E-state index contributed by atoms with van der Waals surface area (Å²) < 4.78 is 10.5. The van der Waals surface area contributed by atoms with Gasteiger partial charge in [-0.3, -0.25) is 14.5 Å². The molecule has 1 fully saturated rings. The van der Waals surface area contributed by atoms with Crippen LogP contribution in [0, 0.1) is 13.8 Å². The molecule has 0 saturated carbocycles. The van der Waals surface area contributed by atoms with Gasteiger partial charge in [0.25, 0.3) is 5.91 Å². The summed E-state index contributed by atoms with van der Waals surface area (Å²) in [6.07, 6.45) is 0.594. The van der Waals surface area contributed by atoms with E-state index in [1.54, 1.807) is 20.1 Å². The van der Waals surface area contributed by atoms with Crippen LogP contribution in [0.25, 0.3) is 0 Å². The second kappa shape index (κ2) is 8.30. The molecular formula is C17H27N3O4. The quantitative estimate of drug-likeness (QED) is 0.771. The predicted octanol–water partition coefficient (Wildman–Crippen LogP) is 0.852. The van der Waals surface area contributed by atoms with Crippen molar-refractivity contribution in [1.82, 2.24) is 15.5 Å². The molecule has 0 unspecified atom stereocenters. The van der Waals surface area contributed by atoms with Gasteiger partial charge in [-0.2, -0.15) is 0 Å². The van der Waals surface area contributed by atoms with Crippen molar-refractivity contribution in [2.45, 2.75) is 39.3 Å². The molecule has 1 aromatic heterocycles. The van der Waals surface area contributed by atoms with Crippen LogP contribution in [0.1, 0.15) is 35.2 Å². The molecule has 1 aliphatic rings. The van der Waals surface area contributed by atoms with Crippen LogP contribution >= 0.6 is 0 Å². The van der Waals surface area contributed by atoms with Crippen LogP contribution in [0.2, 0.25) is 0 Å². The fourth-order valence-corrected chi connectivity index (χ4v) is 3.15. The summed E-state index contributed by atoms with van der Waals surface area (Å²) in [5, 5.41) is 5.88. The number of rotatable bonds is 7. The van der Waals surface area contributed by atoms with Gasteiger partial charge in [0, 0.05) is 32.8 Å².